The first kappa shape index (κ1) is 12.7. The largest absolute Gasteiger partial charge is 0.327 e. The summed E-state index contributed by atoms with van der Waals surface area (Å²) < 4.78 is 28.2. The molecule has 0 amide bonds. The van der Waals surface area contributed by atoms with E-state index >= 15 is 0 Å². The maximum atomic E-state index is 13.1. The Kier molecular flexibility index (Phi) is 3.72. The number of aromatic nitrogens is 2. The third kappa shape index (κ3) is 2.73. The van der Waals surface area contributed by atoms with E-state index in [0.717, 1.165) is 17.6 Å². The van der Waals surface area contributed by atoms with Crippen LogP contribution in [0.25, 0.3) is 0 Å². The molecule has 96 valence electrons. The molecule has 0 unspecified atom stereocenters. The van der Waals surface area contributed by atoms with Gasteiger partial charge in [-0.3, -0.25) is 0 Å². The number of imidazole rings is 1. The van der Waals surface area contributed by atoms with Crippen LogP contribution in [0.5, 0.6) is 0 Å². The first-order valence-corrected chi connectivity index (χ1v) is 5.70. The van der Waals surface area contributed by atoms with Crippen LogP contribution in [-0.2, 0) is 13.1 Å². The van der Waals surface area contributed by atoms with E-state index in [9.17, 15) is 8.78 Å². The summed E-state index contributed by atoms with van der Waals surface area (Å²) in [6.07, 6.45) is 1.77. The molecule has 0 spiro atoms. The van der Waals surface area contributed by atoms with Crippen molar-refractivity contribution >= 4 is 0 Å². The van der Waals surface area contributed by atoms with Gasteiger partial charge in [0.1, 0.15) is 17.5 Å². The van der Waals surface area contributed by atoms with E-state index in [4.69, 9.17) is 0 Å². The first-order valence-electron chi connectivity index (χ1n) is 5.70. The van der Waals surface area contributed by atoms with Crippen LogP contribution >= 0.6 is 0 Å². The third-order valence-corrected chi connectivity index (χ3v) is 2.76. The lowest BCUT2D eigenvalue weighted by atomic mass is 10.2. The van der Waals surface area contributed by atoms with Gasteiger partial charge in [0.05, 0.1) is 5.69 Å². The molecule has 18 heavy (non-hydrogen) atoms. The van der Waals surface area contributed by atoms with Crippen LogP contribution in [0, 0.1) is 18.6 Å². The number of aryl methyl sites for hydroxylation is 1. The summed E-state index contributed by atoms with van der Waals surface area (Å²) in [5, 5.41) is 3.04. The zero-order valence-electron chi connectivity index (χ0n) is 10.4. The van der Waals surface area contributed by atoms with Crippen molar-refractivity contribution in [3.63, 3.8) is 0 Å². The van der Waals surface area contributed by atoms with Gasteiger partial charge in [0.15, 0.2) is 0 Å². The molecule has 0 radical (unpaired) electrons. The minimum atomic E-state index is -0.557. The van der Waals surface area contributed by atoms with Crippen molar-refractivity contribution in [3.8, 4) is 0 Å². The summed E-state index contributed by atoms with van der Waals surface area (Å²) in [4.78, 5) is 4.21. The predicted octanol–water partition coefficient (Wildman–Crippen LogP) is 2.24. The van der Waals surface area contributed by atoms with Crippen LogP contribution in [0.3, 0.4) is 0 Å². The molecule has 0 bridgehead atoms. The average Bonchev–Trinajstić information content (AvgIpc) is 2.61. The van der Waals surface area contributed by atoms with Gasteiger partial charge in [-0.2, -0.15) is 0 Å². The lowest BCUT2D eigenvalue weighted by molar-refractivity contribution is 0.575. The monoisotopic (exact) mass is 251 g/mol. The highest BCUT2D eigenvalue weighted by molar-refractivity contribution is 5.20. The third-order valence-electron chi connectivity index (χ3n) is 2.76. The number of benzene rings is 1. The predicted molar refractivity (Wildman–Crippen MR) is 65.2 cm³/mol. The van der Waals surface area contributed by atoms with Crippen molar-refractivity contribution in [2.45, 2.75) is 20.0 Å². The molecule has 5 heteroatoms. The second kappa shape index (κ2) is 5.27. The quantitative estimate of drug-likeness (QED) is 0.903. The van der Waals surface area contributed by atoms with Gasteiger partial charge in [0.25, 0.3) is 0 Å². The van der Waals surface area contributed by atoms with Crippen LogP contribution in [0.4, 0.5) is 8.78 Å². The van der Waals surface area contributed by atoms with Crippen molar-refractivity contribution in [2.75, 3.05) is 7.05 Å². The van der Waals surface area contributed by atoms with Gasteiger partial charge in [0, 0.05) is 25.4 Å². The van der Waals surface area contributed by atoms with E-state index in [1.807, 2.05) is 18.5 Å². The van der Waals surface area contributed by atoms with Crippen molar-refractivity contribution < 1.29 is 8.78 Å². The van der Waals surface area contributed by atoms with Crippen molar-refractivity contribution in [1.82, 2.24) is 14.9 Å². The normalized spacial score (nSPS) is 10.9. The zero-order chi connectivity index (χ0) is 13.1. The second-order valence-electron chi connectivity index (χ2n) is 4.19. The summed E-state index contributed by atoms with van der Waals surface area (Å²) in [6.45, 7) is 2.95. The lowest BCUT2D eigenvalue weighted by Gasteiger charge is -2.10. The molecular formula is C13H15F2N3. The molecule has 2 rings (SSSR count). The second-order valence-corrected chi connectivity index (χ2v) is 4.19. The Labute approximate surface area is 104 Å². The van der Waals surface area contributed by atoms with E-state index in [-0.39, 0.29) is 0 Å². The average molecular weight is 251 g/mol. The van der Waals surface area contributed by atoms with E-state index < -0.39 is 11.6 Å². The Bertz CT molecular complexity index is 529. The SMILES string of the molecule is CNCc1cnc(C)n1Cc1cc(F)cc(F)c1. The molecular weight excluding hydrogens is 236 g/mol. The number of nitrogens with one attached hydrogen (secondary N) is 1. The molecule has 0 aliphatic rings. The molecule has 0 atom stereocenters. The summed E-state index contributed by atoms with van der Waals surface area (Å²) in [5.74, 6) is -0.291. The molecule has 3 nitrogen and oxygen atoms in total. The summed E-state index contributed by atoms with van der Waals surface area (Å²) in [5.41, 5.74) is 1.57. The molecule has 0 aliphatic carbocycles. The van der Waals surface area contributed by atoms with Gasteiger partial charge >= 0.3 is 0 Å². The topological polar surface area (TPSA) is 29.9 Å². The highest BCUT2D eigenvalue weighted by Gasteiger charge is 2.08. The molecule has 1 N–H and O–H groups in total. The van der Waals surface area contributed by atoms with Crippen molar-refractivity contribution in [2.24, 2.45) is 0 Å². The molecule has 0 saturated heterocycles. The molecule has 0 aliphatic heterocycles. The van der Waals surface area contributed by atoms with Crippen LogP contribution in [0.1, 0.15) is 17.1 Å². The number of halogens is 2. The number of rotatable bonds is 4. The van der Waals surface area contributed by atoms with Gasteiger partial charge in [-0.1, -0.05) is 0 Å². The van der Waals surface area contributed by atoms with Gasteiger partial charge in [0.2, 0.25) is 0 Å². The Balaban J connectivity index is 2.30. The Morgan fingerprint density at radius 2 is 1.89 bits per heavy atom. The Morgan fingerprint density at radius 3 is 2.50 bits per heavy atom. The smallest absolute Gasteiger partial charge is 0.126 e. The molecule has 0 saturated carbocycles. The van der Waals surface area contributed by atoms with Gasteiger partial charge in [-0.15, -0.1) is 0 Å². The van der Waals surface area contributed by atoms with E-state index in [2.05, 4.69) is 10.3 Å². The van der Waals surface area contributed by atoms with Gasteiger partial charge in [-0.05, 0) is 31.7 Å². The zero-order valence-corrected chi connectivity index (χ0v) is 10.4. The van der Waals surface area contributed by atoms with Crippen molar-refractivity contribution in [3.05, 3.63) is 53.1 Å². The molecule has 1 aromatic heterocycles. The molecule has 0 fully saturated rings. The maximum Gasteiger partial charge on any atom is 0.126 e. The fourth-order valence-corrected chi connectivity index (χ4v) is 1.94. The fraction of sp³-hybridized carbons (Fsp3) is 0.308. The Morgan fingerprint density at radius 1 is 1.22 bits per heavy atom. The Hall–Kier alpha value is -1.75. The van der Waals surface area contributed by atoms with Crippen LogP contribution in [-0.4, -0.2) is 16.6 Å². The summed E-state index contributed by atoms with van der Waals surface area (Å²) >= 11 is 0. The minimum absolute atomic E-state index is 0.414. The number of hydrogen-bond donors (Lipinski definition) is 1. The summed E-state index contributed by atoms with van der Waals surface area (Å²) in [6, 6.07) is 3.55. The summed E-state index contributed by atoms with van der Waals surface area (Å²) in [7, 11) is 1.84. The van der Waals surface area contributed by atoms with E-state index in [1.165, 1.54) is 12.1 Å². The van der Waals surface area contributed by atoms with Gasteiger partial charge < -0.3 is 9.88 Å². The van der Waals surface area contributed by atoms with Crippen LogP contribution in [0.15, 0.2) is 24.4 Å². The van der Waals surface area contributed by atoms with Gasteiger partial charge in [-0.25, -0.2) is 13.8 Å². The molecule has 2 aromatic rings. The highest BCUT2D eigenvalue weighted by Crippen LogP contribution is 2.13. The van der Waals surface area contributed by atoms with E-state index in [1.54, 1.807) is 6.20 Å². The molecule has 1 aromatic carbocycles. The van der Waals surface area contributed by atoms with Crippen LogP contribution < -0.4 is 5.32 Å². The lowest BCUT2D eigenvalue weighted by Crippen LogP contribution is -2.13. The molecule has 1 heterocycles. The fourth-order valence-electron chi connectivity index (χ4n) is 1.94. The first-order chi connectivity index (χ1) is 8.60. The number of hydrogen-bond acceptors (Lipinski definition) is 2. The maximum absolute atomic E-state index is 13.1. The number of nitrogens with zero attached hydrogens (tertiary/aromatic N) is 2. The highest BCUT2D eigenvalue weighted by atomic mass is 19.1. The standard InChI is InChI=1S/C13H15F2N3/c1-9-17-7-13(6-16-2)18(9)8-10-3-11(14)5-12(15)4-10/h3-5,7,16H,6,8H2,1-2H3. The van der Waals surface area contributed by atoms with Crippen molar-refractivity contribution in [1.29, 1.82) is 0 Å². The minimum Gasteiger partial charge on any atom is -0.327 e. The van der Waals surface area contributed by atoms with Crippen LogP contribution in [0.2, 0.25) is 0 Å². The van der Waals surface area contributed by atoms with E-state index in [0.29, 0.717) is 18.7 Å².